The van der Waals surface area contributed by atoms with Crippen LogP contribution in [0.1, 0.15) is 19.3 Å². The molecule has 2 N–H and O–H groups in total. The van der Waals surface area contributed by atoms with Crippen LogP contribution in [0, 0.1) is 0 Å². The Morgan fingerprint density at radius 3 is 2.10 bits per heavy atom. The molecule has 0 spiro atoms. The summed E-state index contributed by atoms with van der Waals surface area (Å²) in [5.74, 6) is 0. The highest BCUT2D eigenvalue weighted by atomic mass is 16.5. The van der Waals surface area contributed by atoms with Crippen molar-refractivity contribution >= 4 is 0 Å². The third kappa shape index (κ3) is 6.99. The van der Waals surface area contributed by atoms with Crippen LogP contribution in [0.3, 0.4) is 0 Å². The molecule has 2 aliphatic rings. The van der Waals surface area contributed by atoms with Gasteiger partial charge in [-0.15, -0.1) is 0 Å². The second-order valence-electron chi connectivity index (χ2n) is 5.86. The molecule has 2 rings (SSSR count). The highest BCUT2D eigenvalue weighted by Crippen LogP contribution is 2.06. The van der Waals surface area contributed by atoms with E-state index >= 15 is 0 Å². The molecule has 5 heteroatoms. The van der Waals surface area contributed by atoms with E-state index in [1.54, 1.807) is 0 Å². The zero-order valence-electron chi connectivity index (χ0n) is 12.9. The van der Waals surface area contributed by atoms with Gasteiger partial charge in [0.05, 0.1) is 13.2 Å². The number of rotatable bonds is 10. The maximum Gasteiger partial charge on any atom is 0.0594 e. The molecule has 5 nitrogen and oxygen atoms in total. The highest BCUT2D eigenvalue weighted by molar-refractivity contribution is 4.66. The van der Waals surface area contributed by atoms with E-state index in [-0.39, 0.29) is 0 Å². The minimum Gasteiger partial charge on any atom is -0.379 e. The number of nitrogens with zero attached hydrogens (tertiary/aromatic N) is 2. The summed E-state index contributed by atoms with van der Waals surface area (Å²) in [6.45, 7) is 13.5. The predicted octanol–water partition coefficient (Wildman–Crippen LogP) is -0.0163. The van der Waals surface area contributed by atoms with Crippen LogP contribution in [0.25, 0.3) is 0 Å². The van der Waals surface area contributed by atoms with Gasteiger partial charge in [0.1, 0.15) is 0 Å². The molecule has 20 heavy (non-hydrogen) atoms. The van der Waals surface area contributed by atoms with Crippen LogP contribution in [-0.4, -0.2) is 88.5 Å². The molecule has 0 aromatic rings. The van der Waals surface area contributed by atoms with Crippen LogP contribution in [0.4, 0.5) is 0 Å². The smallest absolute Gasteiger partial charge is 0.0594 e. The molecule has 2 fully saturated rings. The Morgan fingerprint density at radius 1 is 0.700 bits per heavy atom. The maximum absolute atomic E-state index is 5.34. The van der Waals surface area contributed by atoms with Crippen LogP contribution in [0.5, 0.6) is 0 Å². The van der Waals surface area contributed by atoms with Crippen molar-refractivity contribution in [2.75, 3.05) is 78.7 Å². The molecule has 2 heterocycles. The van der Waals surface area contributed by atoms with Gasteiger partial charge in [-0.3, -0.25) is 4.90 Å². The zero-order valence-corrected chi connectivity index (χ0v) is 12.9. The molecule has 0 aliphatic carbocycles. The molecule has 2 aliphatic heterocycles. The van der Waals surface area contributed by atoms with Crippen LogP contribution in [0.15, 0.2) is 0 Å². The zero-order chi connectivity index (χ0) is 13.9. The lowest BCUT2D eigenvalue weighted by Gasteiger charge is -2.26. The molecule has 2 saturated heterocycles. The second-order valence-corrected chi connectivity index (χ2v) is 5.86. The number of nitrogens with one attached hydrogen (secondary N) is 2. The molecule has 0 amide bonds. The molecule has 0 bridgehead atoms. The molecular formula is C15H32N4O. The Bertz CT molecular complexity index is 228. The van der Waals surface area contributed by atoms with Gasteiger partial charge in [0.2, 0.25) is 0 Å². The van der Waals surface area contributed by atoms with Gasteiger partial charge in [-0.05, 0) is 45.4 Å². The van der Waals surface area contributed by atoms with E-state index < -0.39 is 0 Å². The molecule has 0 atom stereocenters. The van der Waals surface area contributed by atoms with Crippen molar-refractivity contribution in [1.82, 2.24) is 20.4 Å². The average molecular weight is 284 g/mol. The van der Waals surface area contributed by atoms with Crippen molar-refractivity contribution in [3.8, 4) is 0 Å². The first-order chi connectivity index (χ1) is 9.95. The van der Waals surface area contributed by atoms with Gasteiger partial charge in [0, 0.05) is 39.3 Å². The van der Waals surface area contributed by atoms with Gasteiger partial charge in [0.15, 0.2) is 0 Å². The predicted molar refractivity (Wildman–Crippen MR) is 83.3 cm³/mol. The fraction of sp³-hybridized carbons (Fsp3) is 1.00. The lowest BCUT2D eigenvalue weighted by molar-refractivity contribution is 0.0385. The Hall–Kier alpha value is -0.200. The largest absolute Gasteiger partial charge is 0.379 e. The minimum absolute atomic E-state index is 0.901. The second kappa shape index (κ2) is 10.5. The van der Waals surface area contributed by atoms with Crippen molar-refractivity contribution in [2.45, 2.75) is 19.3 Å². The Balaban J connectivity index is 1.29. The molecular weight excluding hydrogens is 252 g/mol. The Labute approximate surface area is 124 Å². The monoisotopic (exact) mass is 284 g/mol. The fourth-order valence-electron chi connectivity index (χ4n) is 2.92. The molecule has 0 radical (unpaired) electrons. The van der Waals surface area contributed by atoms with Gasteiger partial charge in [-0.2, -0.15) is 0 Å². The molecule has 0 aromatic heterocycles. The van der Waals surface area contributed by atoms with Crippen molar-refractivity contribution < 1.29 is 4.74 Å². The SMILES string of the molecule is C1CCN(CCCNCCNCCN2CCOCC2)C1. The molecule has 0 saturated carbocycles. The van der Waals surface area contributed by atoms with Crippen molar-refractivity contribution in [3.63, 3.8) is 0 Å². The number of hydrogen-bond donors (Lipinski definition) is 2. The summed E-state index contributed by atoms with van der Waals surface area (Å²) in [5, 5.41) is 7.03. The third-order valence-corrected chi connectivity index (χ3v) is 4.21. The van der Waals surface area contributed by atoms with Gasteiger partial charge in [-0.1, -0.05) is 0 Å². The average Bonchev–Trinajstić information content (AvgIpc) is 3.00. The Morgan fingerprint density at radius 2 is 1.35 bits per heavy atom. The lowest BCUT2D eigenvalue weighted by Crippen LogP contribution is -2.41. The normalized spacial score (nSPS) is 21.6. The van der Waals surface area contributed by atoms with E-state index in [1.807, 2.05) is 0 Å². The van der Waals surface area contributed by atoms with Crippen LogP contribution >= 0.6 is 0 Å². The summed E-state index contributed by atoms with van der Waals surface area (Å²) in [4.78, 5) is 5.06. The fourth-order valence-corrected chi connectivity index (χ4v) is 2.92. The van der Waals surface area contributed by atoms with Crippen molar-refractivity contribution in [2.24, 2.45) is 0 Å². The molecule has 118 valence electrons. The van der Waals surface area contributed by atoms with Gasteiger partial charge in [0.25, 0.3) is 0 Å². The third-order valence-electron chi connectivity index (χ3n) is 4.21. The van der Waals surface area contributed by atoms with E-state index in [2.05, 4.69) is 20.4 Å². The summed E-state index contributed by atoms with van der Waals surface area (Å²) < 4.78 is 5.34. The van der Waals surface area contributed by atoms with Gasteiger partial charge >= 0.3 is 0 Å². The van der Waals surface area contributed by atoms with E-state index in [0.717, 1.165) is 59.0 Å². The summed E-state index contributed by atoms with van der Waals surface area (Å²) >= 11 is 0. The lowest BCUT2D eigenvalue weighted by atomic mass is 10.4. The van der Waals surface area contributed by atoms with E-state index in [1.165, 1.54) is 38.9 Å². The van der Waals surface area contributed by atoms with Crippen LogP contribution < -0.4 is 10.6 Å². The van der Waals surface area contributed by atoms with E-state index in [0.29, 0.717) is 0 Å². The maximum atomic E-state index is 5.34. The molecule has 0 aromatic carbocycles. The number of likely N-dealkylation sites (tertiary alicyclic amines) is 1. The standard InChI is InChI=1S/C15H32N4O/c1-2-9-18(8-1)10-3-4-16-5-6-17-7-11-19-12-14-20-15-13-19/h16-17H,1-15H2. The number of morpholine rings is 1. The number of hydrogen-bond acceptors (Lipinski definition) is 5. The topological polar surface area (TPSA) is 39.8 Å². The quantitative estimate of drug-likeness (QED) is 0.552. The minimum atomic E-state index is 0.901. The van der Waals surface area contributed by atoms with Crippen LogP contribution in [0.2, 0.25) is 0 Å². The summed E-state index contributed by atoms with van der Waals surface area (Å²) in [5.41, 5.74) is 0. The Kier molecular flexibility index (Phi) is 8.50. The summed E-state index contributed by atoms with van der Waals surface area (Å²) in [6.07, 6.45) is 4.09. The first kappa shape index (κ1) is 16.2. The summed E-state index contributed by atoms with van der Waals surface area (Å²) in [6, 6.07) is 0. The van der Waals surface area contributed by atoms with E-state index in [4.69, 9.17) is 4.74 Å². The summed E-state index contributed by atoms with van der Waals surface area (Å²) in [7, 11) is 0. The van der Waals surface area contributed by atoms with E-state index in [9.17, 15) is 0 Å². The van der Waals surface area contributed by atoms with Crippen LogP contribution in [-0.2, 0) is 4.74 Å². The first-order valence-electron chi connectivity index (χ1n) is 8.39. The highest BCUT2D eigenvalue weighted by Gasteiger charge is 2.10. The van der Waals surface area contributed by atoms with Gasteiger partial charge < -0.3 is 20.3 Å². The number of ether oxygens (including phenoxy) is 1. The molecule has 0 unspecified atom stereocenters. The first-order valence-corrected chi connectivity index (χ1v) is 8.39. The van der Waals surface area contributed by atoms with Crippen molar-refractivity contribution in [1.29, 1.82) is 0 Å². The van der Waals surface area contributed by atoms with Crippen molar-refractivity contribution in [3.05, 3.63) is 0 Å². The van der Waals surface area contributed by atoms with Gasteiger partial charge in [-0.25, -0.2) is 0 Å².